The van der Waals surface area contributed by atoms with Gasteiger partial charge in [-0.1, -0.05) is 25.1 Å². The first-order valence-corrected chi connectivity index (χ1v) is 9.64. The van der Waals surface area contributed by atoms with Crippen molar-refractivity contribution in [1.29, 1.82) is 0 Å². The number of para-hydroxylation sites is 1. The van der Waals surface area contributed by atoms with Gasteiger partial charge in [-0.3, -0.25) is 15.6 Å². The van der Waals surface area contributed by atoms with Gasteiger partial charge in [0.2, 0.25) is 5.91 Å². The Morgan fingerprint density at radius 1 is 1.15 bits per heavy atom. The van der Waals surface area contributed by atoms with Gasteiger partial charge in [-0.25, -0.2) is 0 Å². The van der Waals surface area contributed by atoms with Crippen LogP contribution in [0, 0.1) is 6.92 Å². The number of aryl methyl sites for hydroxylation is 2. The average Bonchev–Trinajstić information content (AvgIpc) is 2.66. The minimum atomic E-state index is -0.157. The van der Waals surface area contributed by atoms with Crippen LogP contribution in [0.2, 0.25) is 0 Å². The third-order valence-electron chi connectivity index (χ3n) is 3.72. The van der Waals surface area contributed by atoms with Crippen LogP contribution < -0.4 is 20.9 Å². The highest BCUT2D eigenvalue weighted by Crippen LogP contribution is 2.21. The number of carbonyl (C=O) groups is 1. The van der Waals surface area contributed by atoms with Crippen LogP contribution in [-0.4, -0.2) is 23.9 Å². The molecule has 2 aromatic rings. The number of nitrogens with one attached hydrogen (secondary N) is 3. The van der Waals surface area contributed by atoms with E-state index in [9.17, 15) is 4.79 Å². The average molecular weight is 390 g/mol. The van der Waals surface area contributed by atoms with Crippen molar-refractivity contribution in [3.05, 3.63) is 53.6 Å². The molecule has 0 fully saturated rings. The molecule has 0 aliphatic rings. The number of hydrazine groups is 1. The zero-order valence-electron chi connectivity index (χ0n) is 15.1. The molecule has 0 aliphatic heterocycles. The number of thiocarbonyl (C=S) groups is 1. The van der Waals surface area contributed by atoms with Gasteiger partial charge in [0.15, 0.2) is 5.11 Å². The molecule has 0 bridgehead atoms. The van der Waals surface area contributed by atoms with Crippen LogP contribution in [0.4, 0.5) is 5.69 Å². The van der Waals surface area contributed by atoms with Crippen LogP contribution in [-0.2, 0) is 11.2 Å². The molecule has 0 aromatic heterocycles. The lowest BCUT2D eigenvalue weighted by molar-refractivity contribution is -0.119. The van der Waals surface area contributed by atoms with Crippen molar-refractivity contribution in [2.45, 2.75) is 25.2 Å². The maximum absolute atomic E-state index is 12.0. The van der Waals surface area contributed by atoms with Gasteiger partial charge in [0.1, 0.15) is 5.75 Å². The Labute approximate surface area is 163 Å². The fourth-order valence-corrected chi connectivity index (χ4v) is 3.18. The zero-order chi connectivity index (χ0) is 18.9. The third kappa shape index (κ3) is 5.93. The van der Waals surface area contributed by atoms with Crippen molar-refractivity contribution in [2.75, 3.05) is 18.2 Å². The Hall–Kier alpha value is -2.25. The second-order valence-corrected chi connectivity index (χ2v) is 7.01. The van der Waals surface area contributed by atoms with Crippen LogP contribution in [0.3, 0.4) is 0 Å². The van der Waals surface area contributed by atoms with Crippen molar-refractivity contribution >= 4 is 40.7 Å². The summed E-state index contributed by atoms with van der Waals surface area (Å²) >= 11 is 6.71. The van der Waals surface area contributed by atoms with Crippen molar-refractivity contribution in [3.63, 3.8) is 0 Å². The highest BCUT2D eigenvalue weighted by Gasteiger charge is 2.07. The topological polar surface area (TPSA) is 62.4 Å². The number of anilines is 1. The molecule has 0 saturated carbocycles. The van der Waals surface area contributed by atoms with Crippen LogP contribution in [0.15, 0.2) is 47.4 Å². The highest BCUT2D eigenvalue weighted by atomic mass is 32.2. The van der Waals surface area contributed by atoms with Crippen molar-refractivity contribution in [3.8, 4) is 5.75 Å². The van der Waals surface area contributed by atoms with E-state index in [1.54, 1.807) is 7.11 Å². The van der Waals surface area contributed by atoms with E-state index in [0.29, 0.717) is 5.11 Å². The molecule has 7 heteroatoms. The minimum absolute atomic E-state index is 0.157. The number of amides is 1. The summed E-state index contributed by atoms with van der Waals surface area (Å²) in [6, 6.07) is 13.7. The van der Waals surface area contributed by atoms with Gasteiger partial charge in [0.05, 0.1) is 12.9 Å². The number of rotatable bonds is 6. The van der Waals surface area contributed by atoms with Gasteiger partial charge in [0, 0.05) is 10.6 Å². The summed E-state index contributed by atoms with van der Waals surface area (Å²) in [6.45, 7) is 4.11. The second kappa shape index (κ2) is 10.0. The lowest BCUT2D eigenvalue weighted by atomic mass is 10.1. The summed E-state index contributed by atoms with van der Waals surface area (Å²) in [5, 5.41) is 3.51. The van der Waals surface area contributed by atoms with E-state index in [1.165, 1.54) is 17.3 Å². The number of carbonyl (C=O) groups excluding carboxylic acids is 1. The molecule has 0 spiro atoms. The lowest BCUT2D eigenvalue weighted by Crippen LogP contribution is -2.44. The highest BCUT2D eigenvalue weighted by molar-refractivity contribution is 8.00. The molecule has 2 rings (SSSR count). The Morgan fingerprint density at radius 2 is 1.88 bits per heavy atom. The fraction of sp³-hybridized carbons (Fsp3) is 0.263. The van der Waals surface area contributed by atoms with Crippen LogP contribution in [0.25, 0.3) is 0 Å². The number of hydrogen-bond acceptors (Lipinski definition) is 4. The molecule has 1 amide bonds. The summed E-state index contributed by atoms with van der Waals surface area (Å²) in [5.74, 6) is 0.919. The summed E-state index contributed by atoms with van der Waals surface area (Å²) in [5.41, 5.74) is 8.63. The molecule has 26 heavy (non-hydrogen) atoms. The summed E-state index contributed by atoms with van der Waals surface area (Å²) in [7, 11) is 1.62. The lowest BCUT2D eigenvalue weighted by Gasteiger charge is -2.16. The van der Waals surface area contributed by atoms with Gasteiger partial charge in [-0.05, 0) is 61.0 Å². The molecular weight excluding hydrogens is 366 g/mol. The van der Waals surface area contributed by atoms with E-state index in [1.807, 2.05) is 43.3 Å². The summed E-state index contributed by atoms with van der Waals surface area (Å²) < 4.78 is 5.11. The Bertz CT molecular complexity index is 764. The maximum atomic E-state index is 12.0. The first-order chi connectivity index (χ1) is 12.5. The quantitative estimate of drug-likeness (QED) is 0.398. The van der Waals surface area contributed by atoms with Crippen LogP contribution >= 0.6 is 24.0 Å². The molecular formula is C19H23N3O2S2. The zero-order valence-corrected chi connectivity index (χ0v) is 16.7. The van der Waals surface area contributed by atoms with Gasteiger partial charge < -0.3 is 10.1 Å². The standard InChI is InChI=1S/C19H23N3O2S2/c1-4-14-7-5-6-13(2)18(14)20-19(25)22-21-17(23)12-26-16-10-8-15(24-3)9-11-16/h5-11H,4,12H2,1-3H3,(H,21,23)(H2,20,22,25). The van der Waals surface area contributed by atoms with Gasteiger partial charge in [-0.2, -0.15) is 0 Å². The molecule has 2 aromatic carbocycles. The monoisotopic (exact) mass is 389 g/mol. The third-order valence-corrected chi connectivity index (χ3v) is 4.94. The first-order valence-electron chi connectivity index (χ1n) is 8.24. The van der Waals surface area contributed by atoms with Crippen LogP contribution in [0.1, 0.15) is 18.1 Å². The summed E-state index contributed by atoms with van der Waals surface area (Å²) in [6.07, 6.45) is 0.900. The van der Waals surface area contributed by atoms with E-state index in [0.717, 1.165) is 28.3 Å². The predicted octanol–water partition coefficient (Wildman–Crippen LogP) is 3.68. The molecule has 0 unspecified atom stereocenters. The molecule has 5 nitrogen and oxygen atoms in total. The predicted molar refractivity (Wildman–Crippen MR) is 112 cm³/mol. The minimum Gasteiger partial charge on any atom is -0.497 e. The van der Waals surface area contributed by atoms with Crippen molar-refractivity contribution in [2.24, 2.45) is 0 Å². The first kappa shape index (κ1) is 20.1. The fourth-order valence-electron chi connectivity index (χ4n) is 2.33. The number of hydrogen-bond donors (Lipinski definition) is 3. The Kier molecular flexibility index (Phi) is 7.74. The smallest absolute Gasteiger partial charge is 0.248 e. The Balaban J connectivity index is 1.79. The molecule has 0 radical (unpaired) electrons. The molecule has 0 heterocycles. The van der Waals surface area contributed by atoms with Gasteiger partial charge in [-0.15, -0.1) is 11.8 Å². The molecule has 3 N–H and O–H groups in total. The number of benzene rings is 2. The largest absolute Gasteiger partial charge is 0.497 e. The molecule has 0 saturated heterocycles. The number of methoxy groups -OCH3 is 1. The second-order valence-electron chi connectivity index (χ2n) is 5.55. The van der Waals surface area contributed by atoms with Crippen molar-refractivity contribution in [1.82, 2.24) is 10.9 Å². The number of ether oxygens (including phenoxy) is 1. The number of thioether (sulfide) groups is 1. The van der Waals surface area contributed by atoms with Gasteiger partial charge >= 0.3 is 0 Å². The summed E-state index contributed by atoms with van der Waals surface area (Å²) in [4.78, 5) is 13.0. The van der Waals surface area contributed by atoms with Crippen LogP contribution in [0.5, 0.6) is 5.75 Å². The maximum Gasteiger partial charge on any atom is 0.248 e. The normalized spacial score (nSPS) is 10.1. The Morgan fingerprint density at radius 3 is 2.54 bits per heavy atom. The van der Waals surface area contributed by atoms with E-state index in [-0.39, 0.29) is 11.7 Å². The molecule has 0 atom stereocenters. The van der Waals surface area contributed by atoms with E-state index >= 15 is 0 Å². The van der Waals surface area contributed by atoms with E-state index in [2.05, 4.69) is 29.2 Å². The molecule has 0 aliphatic carbocycles. The van der Waals surface area contributed by atoms with E-state index < -0.39 is 0 Å². The van der Waals surface area contributed by atoms with Gasteiger partial charge in [0.25, 0.3) is 0 Å². The van der Waals surface area contributed by atoms with E-state index in [4.69, 9.17) is 17.0 Å². The van der Waals surface area contributed by atoms with Crippen molar-refractivity contribution < 1.29 is 9.53 Å². The molecule has 138 valence electrons. The SMILES string of the molecule is CCc1cccc(C)c1NC(=S)NNC(=O)CSc1ccc(OC)cc1.